The van der Waals surface area contributed by atoms with Gasteiger partial charge in [-0.2, -0.15) is 0 Å². The third-order valence-corrected chi connectivity index (χ3v) is 2.71. The van der Waals surface area contributed by atoms with E-state index in [4.69, 9.17) is 15.2 Å². The van der Waals surface area contributed by atoms with E-state index in [-0.39, 0.29) is 5.69 Å². The molecule has 0 heterocycles. The maximum Gasteiger partial charge on any atom is 0.271 e. The molecule has 0 atom stereocenters. The first kappa shape index (κ1) is 16.2. The number of nitrogen functional groups attached to an aromatic ring is 1. The minimum Gasteiger partial charge on any atom is -0.397 e. The van der Waals surface area contributed by atoms with E-state index in [0.717, 1.165) is 25.1 Å². The van der Waals surface area contributed by atoms with Crippen LogP contribution in [0.5, 0.6) is 0 Å². The normalized spacial score (nSPS) is 10.4. The van der Waals surface area contributed by atoms with E-state index in [0.29, 0.717) is 25.5 Å². The molecule has 0 saturated heterocycles. The number of ether oxygens (including phenoxy) is 2. The van der Waals surface area contributed by atoms with Crippen LogP contribution in [0.15, 0.2) is 18.2 Å². The fourth-order valence-electron chi connectivity index (χ4n) is 1.62. The van der Waals surface area contributed by atoms with Crippen LogP contribution in [0.4, 0.5) is 17.1 Å². The lowest BCUT2D eigenvalue weighted by molar-refractivity contribution is -0.384. The third-order valence-electron chi connectivity index (χ3n) is 2.71. The lowest BCUT2D eigenvalue weighted by Gasteiger charge is -2.09. The standard InChI is InChI=1S/C13H21N3O4/c1-19-8-9-20-7-3-2-6-15-13-5-4-11(16(17)18)10-12(13)14/h4-5,10,15H,2-3,6-9,14H2,1H3. The van der Waals surface area contributed by atoms with E-state index in [1.165, 1.54) is 12.1 Å². The molecular formula is C13H21N3O4. The van der Waals surface area contributed by atoms with Gasteiger partial charge < -0.3 is 20.5 Å². The zero-order valence-corrected chi connectivity index (χ0v) is 11.6. The highest BCUT2D eigenvalue weighted by molar-refractivity contribution is 5.69. The summed E-state index contributed by atoms with van der Waals surface area (Å²) < 4.78 is 10.2. The number of hydrogen-bond donors (Lipinski definition) is 2. The molecule has 0 aliphatic rings. The van der Waals surface area contributed by atoms with Crippen molar-refractivity contribution >= 4 is 17.1 Å². The van der Waals surface area contributed by atoms with Gasteiger partial charge in [0.15, 0.2) is 0 Å². The van der Waals surface area contributed by atoms with E-state index in [2.05, 4.69) is 5.32 Å². The van der Waals surface area contributed by atoms with Crippen LogP contribution in [-0.4, -0.2) is 38.4 Å². The molecule has 0 spiro atoms. The lowest BCUT2D eigenvalue weighted by atomic mass is 10.2. The van der Waals surface area contributed by atoms with Crippen LogP contribution in [-0.2, 0) is 9.47 Å². The van der Waals surface area contributed by atoms with Gasteiger partial charge in [0.2, 0.25) is 0 Å². The molecule has 1 rings (SSSR count). The smallest absolute Gasteiger partial charge is 0.271 e. The molecule has 0 aliphatic carbocycles. The van der Waals surface area contributed by atoms with E-state index in [1.807, 2.05) is 0 Å². The first-order valence-electron chi connectivity index (χ1n) is 6.49. The van der Waals surface area contributed by atoms with Gasteiger partial charge >= 0.3 is 0 Å². The second-order valence-corrected chi connectivity index (χ2v) is 4.27. The summed E-state index contributed by atoms with van der Waals surface area (Å²) in [4.78, 5) is 10.1. The minimum absolute atomic E-state index is 0.000377. The number of nitrogens with two attached hydrogens (primary N) is 1. The Hall–Kier alpha value is -1.86. The van der Waals surface area contributed by atoms with Crippen molar-refractivity contribution in [3.63, 3.8) is 0 Å². The van der Waals surface area contributed by atoms with E-state index < -0.39 is 4.92 Å². The van der Waals surface area contributed by atoms with Crippen LogP contribution in [0.2, 0.25) is 0 Å². The molecule has 112 valence electrons. The average Bonchev–Trinajstić information content (AvgIpc) is 2.43. The van der Waals surface area contributed by atoms with Crippen molar-refractivity contribution < 1.29 is 14.4 Å². The van der Waals surface area contributed by atoms with Crippen molar-refractivity contribution in [1.29, 1.82) is 0 Å². The van der Waals surface area contributed by atoms with Crippen molar-refractivity contribution in [2.24, 2.45) is 0 Å². The second kappa shape index (κ2) is 9.11. The molecule has 0 aromatic heterocycles. The van der Waals surface area contributed by atoms with Crippen LogP contribution in [0.25, 0.3) is 0 Å². The minimum atomic E-state index is -0.461. The van der Waals surface area contributed by atoms with Gasteiger partial charge in [-0.05, 0) is 18.9 Å². The Balaban J connectivity index is 2.20. The van der Waals surface area contributed by atoms with E-state index >= 15 is 0 Å². The molecule has 0 saturated carbocycles. The van der Waals surface area contributed by atoms with Gasteiger partial charge in [-0.15, -0.1) is 0 Å². The summed E-state index contributed by atoms with van der Waals surface area (Å²) in [5.41, 5.74) is 6.85. The van der Waals surface area contributed by atoms with E-state index in [1.54, 1.807) is 13.2 Å². The van der Waals surface area contributed by atoms with Gasteiger partial charge in [-0.1, -0.05) is 0 Å². The fourth-order valence-corrected chi connectivity index (χ4v) is 1.62. The number of nitro groups is 1. The van der Waals surface area contributed by atoms with Crippen molar-refractivity contribution in [3.05, 3.63) is 28.3 Å². The molecule has 7 nitrogen and oxygen atoms in total. The van der Waals surface area contributed by atoms with Crippen LogP contribution in [0.1, 0.15) is 12.8 Å². The predicted octanol–water partition coefficient (Wildman–Crippen LogP) is 2.03. The van der Waals surface area contributed by atoms with Crippen LogP contribution in [0.3, 0.4) is 0 Å². The summed E-state index contributed by atoms with van der Waals surface area (Å²) in [6, 6.07) is 4.42. The molecule has 7 heteroatoms. The number of anilines is 2. The van der Waals surface area contributed by atoms with Crippen molar-refractivity contribution in [2.75, 3.05) is 44.5 Å². The quantitative estimate of drug-likeness (QED) is 0.295. The van der Waals surface area contributed by atoms with Gasteiger partial charge in [0.25, 0.3) is 5.69 Å². The van der Waals surface area contributed by atoms with Gasteiger partial charge in [-0.3, -0.25) is 10.1 Å². The highest BCUT2D eigenvalue weighted by Crippen LogP contribution is 2.23. The first-order chi connectivity index (χ1) is 9.65. The van der Waals surface area contributed by atoms with Gasteiger partial charge in [0, 0.05) is 32.4 Å². The SMILES string of the molecule is COCCOCCCCNc1ccc([N+](=O)[O-])cc1N. The number of nitrogens with one attached hydrogen (secondary N) is 1. The summed E-state index contributed by atoms with van der Waals surface area (Å²) in [7, 11) is 1.64. The molecule has 0 amide bonds. The first-order valence-corrected chi connectivity index (χ1v) is 6.49. The number of hydrogen-bond acceptors (Lipinski definition) is 6. The Morgan fingerprint density at radius 1 is 1.30 bits per heavy atom. The number of nitro benzene ring substituents is 1. The molecule has 1 aromatic rings. The molecule has 0 bridgehead atoms. The number of nitrogens with zero attached hydrogens (tertiary/aromatic N) is 1. The van der Waals surface area contributed by atoms with Crippen molar-refractivity contribution in [1.82, 2.24) is 0 Å². The monoisotopic (exact) mass is 283 g/mol. The summed E-state index contributed by atoms with van der Waals surface area (Å²) >= 11 is 0. The van der Waals surface area contributed by atoms with Crippen molar-refractivity contribution in [3.8, 4) is 0 Å². The maximum atomic E-state index is 10.6. The highest BCUT2D eigenvalue weighted by atomic mass is 16.6. The molecular weight excluding hydrogens is 262 g/mol. The molecule has 1 aromatic carbocycles. The van der Waals surface area contributed by atoms with Crippen LogP contribution < -0.4 is 11.1 Å². The Labute approximate surface area is 118 Å². The topological polar surface area (TPSA) is 99.6 Å². The summed E-state index contributed by atoms with van der Waals surface area (Å²) in [5, 5.41) is 13.7. The molecule has 0 radical (unpaired) electrons. The summed E-state index contributed by atoms with van der Waals surface area (Å²) in [5.74, 6) is 0. The number of benzene rings is 1. The predicted molar refractivity (Wildman–Crippen MR) is 77.9 cm³/mol. The summed E-state index contributed by atoms with van der Waals surface area (Å²) in [6.07, 6.45) is 1.87. The second-order valence-electron chi connectivity index (χ2n) is 4.27. The van der Waals surface area contributed by atoms with E-state index in [9.17, 15) is 10.1 Å². The molecule has 0 fully saturated rings. The Kier molecular flexibility index (Phi) is 7.38. The van der Waals surface area contributed by atoms with Gasteiger partial charge in [0.1, 0.15) is 0 Å². The molecule has 0 unspecified atom stereocenters. The average molecular weight is 283 g/mol. The Bertz CT molecular complexity index is 426. The number of non-ortho nitro benzene ring substituents is 1. The summed E-state index contributed by atoms with van der Waals surface area (Å²) in [6.45, 7) is 2.66. The van der Waals surface area contributed by atoms with Crippen LogP contribution in [0, 0.1) is 10.1 Å². The van der Waals surface area contributed by atoms with Gasteiger partial charge in [0.05, 0.1) is 29.5 Å². The third kappa shape index (κ3) is 5.85. The maximum absolute atomic E-state index is 10.6. The zero-order valence-electron chi connectivity index (χ0n) is 11.6. The number of rotatable bonds is 10. The van der Waals surface area contributed by atoms with Crippen LogP contribution >= 0.6 is 0 Å². The van der Waals surface area contributed by atoms with Crippen molar-refractivity contribution in [2.45, 2.75) is 12.8 Å². The molecule has 3 N–H and O–H groups in total. The van der Waals surface area contributed by atoms with Gasteiger partial charge in [-0.25, -0.2) is 0 Å². The zero-order chi connectivity index (χ0) is 14.8. The molecule has 0 aliphatic heterocycles. The Morgan fingerprint density at radius 2 is 2.10 bits per heavy atom. The highest BCUT2D eigenvalue weighted by Gasteiger charge is 2.07. The largest absolute Gasteiger partial charge is 0.397 e. The lowest BCUT2D eigenvalue weighted by Crippen LogP contribution is -2.07. The Morgan fingerprint density at radius 3 is 2.75 bits per heavy atom. The number of unbranched alkanes of at least 4 members (excludes halogenated alkanes) is 1. The number of methoxy groups -OCH3 is 1. The molecule has 20 heavy (non-hydrogen) atoms. The fraction of sp³-hybridized carbons (Fsp3) is 0.538.